The van der Waals surface area contributed by atoms with Crippen LogP contribution in [0.2, 0.25) is 0 Å². The van der Waals surface area contributed by atoms with Crippen LogP contribution >= 0.6 is 15.9 Å². The minimum atomic E-state index is -0.407. The molecule has 37 heavy (non-hydrogen) atoms. The maximum atomic E-state index is 13.2. The summed E-state index contributed by atoms with van der Waals surface area (Å²) >= 11 is 3.40. The van der Waals surface area contributed by atoms with Gasteiger partial charge in [-0.1, -0.05) is 46.3 Å². The number of rotatable bonds is 6. The lowest BCUT2D eigenvalue weighted by Gasteiger charge is -2.35. The van der Waals surface area contributed by atoms with E-state index in [2.05, 4.69) is 31.0 Å². The number of nitrogens with zero attached hydrogens (tertiary/aromatic N) is 6. The molecule has 11 heteroatoms. The molecule has 0 radical (unpaired) electrons. The van der Waals surface area contributed by atoms with Crippen molar-refractivity contribution < 1.29 is 4.79 Å². The van der Waals surface area contributed by atoms with Crippen LogP contribution in [-0.4, -0.2) is 62.2 Å². The van der Waals surface area contributed by atoms with E-state index in [9.17, 15) is 14.4 Å². The molecular formula is C26H28BrN7O3. The van der Waals surface area contributed by atoms with E-state index in [1.54, 1.807) is 7.05 Å². The summed E-state index contributed by atoms with van der Waals surface area (Å²) in [5.41, 5.74) is 1.79. The number of piperazine rings is 1. The van der Waals surface area contributed by atoms with Crippen molar-refractivity contribution in [3.8, 4) is 0 Å². The summed E-state index contributed by atoms with van der Waals surface area (Å²) in [7, 11) is 3.12. The molecule has 5 rings (SSSR count). The summed E-state index contributed by atoms with van der Waals surface area (Å²) in [4.78, 5) is 47.3. The summed E-state index contributed by atoms with van der Waals surface area (Å²) in [5.74, 6) is 0.585. The monoisotopic (exact) mass is 565 g/mol. The highest BCUT2D eigenvalue weighted by Gasteiger charge is 2.26. The normalized spacial score (nSPS) is 14.3. The first-order valence-electron chi connectivity index (χ1n) is 12.0. The summed E-state index contributed by atoms with van der Waals surface area (Å²) in [6.07, 6.45) is 0. The van der Waals surface area contributed by atoms with Gasteiger partial charge in [0.05, 0.1) is 13.1 Å². The SMILES string of the molecule is Cn1c(=O)c2c(nc(N3CCN(CC(=O)Nc4ccc(Br)cc4)CC3)n2Cc2ccccc2)n(C)c1=O. The first-order chi connectivity index (χ1) is 17.8. The first-order valence-corrected chi connectivity index (χ1v) is 12.8. The second-order valence-corrected chi connectivity index (χ2v) is 10.1. The van der Waals surface area contributed by atoms with Crippen LogP contribution in [0.5, 0.6) is 0 Å². The van der Waals surface area contributed by atoms with Crippen molar-refractivity contribution in [2.45, 2.75) is 6.54 Å². The second kappa shape index (κ2) is 10.3. The van der Waals surface area contributed by atoms with E-state index in [4.69, 9.17) is 4.98 Å². The molecule has 0 unspecified atom stereocenters. The molecule has 1 aliphatic rings. The molecule has 3 heterocycles. The van der Waals surface area contributed by atoms with Crippen molar-refractivity contribution >= 4 is 44.6 Å². The Morgan fingerprint density at radius 1 is 0.946 bits per heavy atom. The molecule has 2 aromatic carbocycles. The van der Waals surface area contributed by atoms with E-state index < -0.39 is 5.69 Å². The maximum Gasteiger partial charge on any atom is 0.332 e. The number of hydrogen-bond acceptors (Lipinski definition) is 6. The van der Waals surface area contributed by atoms with E-state index >= 15 is 0 Å². The van der Waals surface area contributed by atoms with Gasteiger partial charge in [0.2, 0.25) is 11.9 Å². The molecule has 0 atom stereocenters. The van der Waals surface area contributed by atoms with Crippen LogP contribution in [0.15, 0.2) is 68.7 Å². The van der Waals surface area contributed by atoms with Gasteiger partial charge < -0.3 is 10.2 Å². The number of benzene rings is 2. The fraction of sp³-hybridized carbons (Fsp3) is 0.308. The third-order valence-corrected chi connectivity index (χ3v) is 7.19. The molecule has 0 spiro atoms. The van der Waals surface area contributed by atoms with E-state index in [1.165, 1.54) is 11.6 Å². The standard InChI is InChI=1S/C26H28BrN7O3/c1-30-23-22(24(36)31(2)26(30)37)34(16-18-6-4-3-5-7-18)25(29-23)33-14-12-32(13-15-33)17-21(35)28-20-10-8-19(27)9-11-20/h3-11H,12-17H2,1-2H3,(H,28,35). The van der Waals surface area contributed by atoms with Gasteiger partial charge in [0, 0.05) is 50.4 Å². The van der Waals surface area contributed by atoms with E-state index in [-0.39, 0.29) is 11.5 Å². The average Bonchev–Trinajstić information content (AvgIpc) is 3.28. The first kappa shape index (κ1) is 25.0. The molecule has 0 aliphatic carbocycles. The van der Waals surface area contributed by atoms with Crippen molar-refractivity contribution in [2.75, 3.05) is 42.9 Å². The summed E-state index contributed by atoms with van der Waals surface area (Å²) in [6, 6.07) is 17.4. The highest BCUT2D eigenvalue weighted by molar-refractivity contribution is 9.10. The number of anilines is 2. The Kier molecular flexibility index (Phi) is 6.98. The average molecular weight is 566 g/mol. The molecule has 1 N–H and O–H groups in total. The third kappa shape index (κ3) is 5.09. The van der Waals surface area contributed by atoms with Crippen molar-refractivity contribution in [1.82, 2.24) is 23.6 Å². The Bertz CT molecular complexity index is 1550. The van der Waals surface area contributed by atoms with Crippen LogP contribution in [0.3, 0.4) is 0 Å². The molecule has 192 valence electrons. The van der Waals surface area contributed by atoms with Crippen LogP contribution in [-0.2, 0) is 25.4 Å². The molecule has 10 nitrogen and oxygen atoms in total. The predicted molar refractivity (Wildman–Crippen MR) is 147 cm³/mol. The largest absolute Gasteiger partial charge is 0.340 e. The minimum absolute atomic E-state index is 0.0643. The molecule has 0 bridgehead atoms. The summed E-state index contributed by atoms with van der Waals surface area (Å²) in [6.45, 7) is 3.35. The maximum absolute atomic E-state index is 13.2. The zero-order chi connectivity index (χ0) is 26.1. The Morgan fingerprint density at radius 3 is 2.30 bits per heavy atom. The molecule has 1 fully saturated rings. The lowest BCUT2D eigenvalue weighted by Crippen LogP contribution is -2.49. The molecular weight excluding hydrogens is 538 g/mol. The Balaban J connectivity index is 1.37. The van der Waals surface area contributed by atoms with Crippen LogP contribution in [0.4, 0.5) is 11.6 Å². The van der Waals surface area contributed by atoms with Crippen molar-refractivity contribution in [2.24, 2.45) is 14.1 Å². The molecule has 1 amide bonds. The number of fused-ring (bicyclic) bond motifs is 1. The van der Waals surface area contributed by atoms with Gasteiger partial charge in [-0.2, -0.15) is 4.98 Å². The lowest BCUT2D eigenvalue weighted by molar-refractivity contribution is -0.117. The Morgan fingerprint density at radius 2 is 1.62 bits per heavy atom. The molecule has 1 aliphatic heterocycles. The number of nitrogens with one attached hydrogen (secondary N) is 1. The number of carbonyl (C=O) groups excluding carboxylic acids is 1. The van der Waals surface area contributed by atoms with Gasteiger partial charge in [-0.15, -0.1) is 0 Å². The van der Waals surface area contributed by atoms with Gasteiger partial charge in [0.1, 0.15) is 0 Å². The fourth-order valence-corrected chi connectivity index (χ4v) is 4.90. The number of aryl methyl sites for hydroxylation is 1. The van der Waals surface area contributed by atoms with E-state index in [0.717, 1.165) is 20.3 Å². The molecule has 0 saturated carbocycles. The topological polar surface area (TPSA) is 97.4 Å². The van der Waals surface area contributed by atoms with Crippen molar-refractivity contribution in [3.63, 3.8) is 0 Å². The van der Waals surface area contributed by atoms with Crippen LogP contribution in [0.25, 0.3) is 11.2 Å². The Labute approximate surface area is 221 Å². The second-order valence-electron chi connectivity index (χ2n) is 9.18. The van der Waals surface area contributed by atoms with Crippen LogP contribution in [0, 0.1) is 0 Å². The van der Waals surface area contributed by atoms with Gasteiger partial charge in [0.25, 0.3) is 5.56 Å². The van der Waals surface area contributed by atoms with E-state index in [1.807, 2.05) is 59.2 Å². The number of halogens is 1. The van der Waals surface area contributed by atoms with Gasteiger partial charge in [-0.3, -0.25) is 28.2 Å². The number of carbonyl (C=O) groups is 1. The highest BCUT2D eigenvalue weighted by Crippen LogP contribution is 2.23. The van der Waals surface area contributed by atoms with Gasteiger partial charge in [-0.25, -0.2) is 4.79 Å². The minimum Gasteiger partial charge on any atom is -0.340 e. The fourth-order valence-electron chi connectivity index (χ4n) is 4.63. The zero-order valence-electron chi connectivity index (χ0n) is 20.7. The third-order valence-electron chi connectivity index (χ3n) is 6.66. The van der Waals surface area contributed by atoms with Crippen molar-refractivity contribution in [3.05, 3.63) is 85.5 Å². The predicted octanol–water partition coefficient (Wildman–Crippen LogP) is 2.01. The summed E-state index contributed by atoms with van der Waals surface area (Å²) < 4.78 is 5.40. The summed E-state index contributed by atoms with van der Waals surface area (Å²) in [5, 5.41) is 2.94. The highest BCUT2D eigenvalue weighted by atomic mass is 79.9. The van der Waals surface area contributed by atoms with E-state index in [0.29, 0.717) is 56.4 Å². The number of aromatic nitrogens is 4. The van der Waals surface area contributed by atoms with Crippen LogP contribution < -0.4 is 21.5 Å². The van der Waals surface area contributed by atoms with Gasteiger partial charge in [-0.05, 0) is 29.8 Å². The Hall–Kier alpha value is -3.70. The number of amides is 1. The number of imidazole rings is 1. The lowest BCUT2D eigenvalue weighted by atomic mass is 10.2. The molecule has 2 aromatic heterocycles. The zero-order valence-corrected chi connectivity index (χ0v) is 22.3. The number of hydrogen-bond donors (Lipinski definition) is 1. The smallest absolute Gasteiger partial charge is 0.332 e. The van der Waals surface area contributed by atoms with Gasteiger partial charge >= 0.3 is 5.69 Å². The van der Waals surface area contributed by atoms with Crippen LogP contribution in [0.1, 0.15) is 5.56 Å². The quantitative estimate of drug-likeness (QED) is 0.384. The molecule has 4 aromatic rings. The van der Waals surface area contributed by atoms with Crippen molar-refractivity contribution in [1.29, 1.82) is 0 Å². The van der Waals surface area contributed by atoms with Gasteiger partial charge in [0.15, 0.2) is 11.2 Å². The molecule has 1 saturated heterocycles.